The first-order chi connectivity index (χ1) is 50.1. The summed E-state index contributed by atoms with van der Waals surface area (Å²) in [4.78, 5) is 73.2. The van der Waals surface area contributed by atoms with E-state index in [1.165, 1.54) is 244 Å². The van der Waals surface area contributed by atoms with Gasteiger partial charge in [0, 0.05) is 25.7 Å². The van der Waals surface area contributed by atoms with Gasteiger partial charge < -0.3 is 33.8 Å². The normalized spacial score (nSPS) is 14.2. The highest BCUT2D eigenvalue weighted by atomic mass is 31.2. The van der Waals surface area contributed by atoms with Gasteiger partial charge in [-0.2, -0.15) is 0 Å². The van der Waals surface area contributed by atoms with E-state index in [2.05, 4.69) is 55.4 Å². The van der Waals surface area contributed by atoms with Crippen molar-refractivity contribution in [3.05, 3.63) is 0 Å². The molecule has 6 atom stereocenters. The minimum absolute atomic E-state index is 0.106. The second kappa shape index (κ2) is 73.8. The average molecular weight is 1520 g/mol. The van der Waals surface area contributed by atoms with E-state index in [1.54, 1.807) is 0 Å². The maximum atomic E-state index is 13.1. The lowest BCUT2D eigenvalue weighted by molar-refractivity contribution is -0.161. The molecule has 3 unspecified atom stereocenters. The summed E-state index contributed by atoms with van der Waals surface area (Å²) in [5.41, 5.74) is 0. The van der Waals surface area contributed by atoms with Crippen LogP contribution in [0.25, 0.3) is 0 Å². The molecular formula is C85H166O17P2. The van der Waals surface area contributed by atoms with E-state index in [1.807, 2.05) is 0 Å². The van der Waals surface area contributed by atoms with E-state index < -0.39 is 97.5 Å². The van der Waals surface area contributed by atoms with E-state index in [9.17, 15) is 43.2 Å². The third kappa shape index (κ3) is 76.8. The van der Waals surface area contributed by atoms with E-state index >= 15 is 0 Å². The number of phosphoric acid groups is 2. The Kier molecular flexibility index (Phi) is 72.5. The topological polar surface area (TPSA) is 237 Å². The second-order valence-electron chi connectivity index (χ2n) is 32.2. The van der Waals surface area contributed by atoms with Crippen LogP contribution in [0, 0.1) is 23.7 Å². The molecule has 0 rings (SSSR count). The molecular weight excluding hydrogens is 1350 g/mol. The molecule has 0 saturated heterocycles. The first-order valence-corrected chi connectivity index (χ1v) is 46.7. The summed E-state index contributed by atoms with van der Waals surface area (Å²) in [5, 5.41) is 10.7. The average Bonchev–Trinajstić information content (AvgIpc) is 0.909. The van der Waals surface area contributed by atoms with Gasteiger partial charge >= 0.3 is 39.5 Å². The number of carbonyl (C=O) groups excluding carboxylic acids is 4. The SMILES string of the molecule is CCC(C)CCCCCCCCCCCCC(=O)O[C@H](COC(=O)CCCCCCCCCCCC(C)C)COP(=O)(O)OC[C@H](O)COP(=O)(O)OC[C@@H](COC(=O)CCCCCCCCCCCCCCCCCCC(C)C)OC(=O)CCCCCCCCCCCCCCCCCCC(C)C. The van der Waals surface area contributed by atoms with Crippen molar-refractivity contribution < 1.29 is 80.2 Å². The number of esters is 4. The van der Waals surface area contributed by atoms with Crippen LogP contribution in [-0.2, 0) is 65.4 Å². The molecule has 618 valence electrons. The summed E-state index contributed by atoms with van der Waals surface area (Å²) in [5.74, 6) is 1.06. The van der Waals surface area contributed by atoms with Crippen LogP contribution in [-0.4, -0.2) is 96.7 Å². The molecule has 0 spiro atoms. The van der Waals surface area contributed by atoms with Crippen LogP contribution in [0.2, 0.25) is 0 Å². The number of hydrogen-bond donors (Lipinski definition) is 3. The molecule has 0 aromatic heterocycles. The quantitative estimate of drug-likeness (QED) is 0.0222. The molecule has 0 heterocycles. The van der Waals surface area contributed by atoms with Crippen LogP contribution in [0.4, 0.5) is 0 Å². The number of carbonyl (C=O) groups is 4. The summed E-state index contributed by atoms with van der Waals surface area (Å²) >= 11 is 0. The predicted octanol–water partition coefficient (Wildman–Crippen LogP) is 25.6. The lowest BCUT2D eigenvalue weighted by Gasteiger charge is -2.21. The lowest BCUT2D eigenvalue weighted by atomic mass is 9.99. The molecule has 0 aliphatic rings. The van der Waals surface area contributed by atoms with Gasteiger partial charge in [0.25, 0.3) is 0 Å². The summed E-state index contributed by atoms with van der Waals surface area (Å²) in [7, 11) is -9.93. The Hall–Kier alpha value is -1.94. The molecule has 17 nitrogen and oxygen atoms in total. The van der Waals surface area contributed by atoms with Crippen LogP contribution in [0.15, 0.2) is 0 Å². The van der Waals surface area contributed by atoms with Crippen molar-refractivity contribution >= 4 is 39.5 Å². The largest absolute Gasteiger partial charge is 0.472 e. The van der Waals surface area contributed by atoms with Crippen molar-refractivity contribution in [1.29, 1.82) is 0 Å². The van der Waals surface area contributed by atoms with E-state index in [0.717, 1.165) is 114 Å². The molecule has 0 aromatic rings. The number of rotatable bonds is 82. The van der Waals surface area contributed by atoms with E-state index in [4.69, 9.17) is 37.0 Å². The van der Waals surface area contributed by atoms with Crippen LogP contribution < -0.4 is 0 Å². The summed E-state index contributed by atoms with van der Waals surface area (Å²) < 4.78 is 68.9. The van der Waals surface area contributed by atoms with Crippen molar-refractivity contribution in [2.24, 2.45) is 23.7 Å². The summed E-state index contributed by atoms with van der Waals surface area (Å²) in [6.07, 6.45) is 62.4. The van der Waals surface area contributed by atoms with Gasteiger partial charge in [0.05, 0.1) is 26.4 Å². The third-order valence-corrected chi connectivity index (χ3v) is 22.1. The third-order valence-electron chi connectivity index (χ3n) is 20.2. The maximum Gasteiger partial charge on any atom is 0.472 e. The standard InChI is InChI=1S/C85H166O17P2/c1-9-78(8)64-56-48-40-32-26-27-35-44-52-60-68-85(90)102-81(72-96-83(88)66-58-50-42-36-28-31-39-47-55-63-77(6)7)74-100-104(93,94)98-70-79(86)69-97-103(91,92)99-73-80(101-84(89)67-59-51-43-34-25-21-17-13-11-15-19-23-30-38-46-54-62-76(4)5)71-95-82(87)65-57-49-41-33-24-20-16-12-10-14-18-22-29-37-45-53-61-75(2)3/h75-81,86H,9-74H2,1-8H3,(H,91,92)(H,93,94)/t78?,79-,80-,81-/m1/s1. The minimum Gasteiger partial charge on any atom is -0.462 e. The minimum atomic E-state index is -4.97. The number of ether oxygens (including phenoxy) is 4. The van der Waals surface area contributed by atoms with Gasteiger partial charge in [-0.1, -0.05) is 389 Å². The maximum absolute atomic E-state index is 13.1. The molecule has 19 heteroatoms. The van der Waals surface area contributed by atoms with Gasteiger partial charge in [-0.25, -0.2) is 9.13 Å². The van der Waals surface area contributed by atoms with Crippen molar-refractivity contribution in [3.8, 4) is 0 Å². The van der Waals surface area contributed by atoms with Gasteiger partial charge in [0.2, 0.25) is 0 Å². The van der Waals surface area contributed by atoms with E-state index in [-0.39, 0.29) is 25.7 Å². The molecule has 0 aromatic carbocycles. The molecule has 0 fully saturated rings. The number of aliphatic hydroxyl groups is 1. The van der Waals surface area contributed by atoms with Crippen LogP contribution in [0.3, 0.4) is 0 Å². The van der Waals surface area contributed by atoms with E-state index in [0.29, 0.717) is 25.7 Å². The Morgan fingerprint density at radius 1 is 0.269 bits per heavy atom. The van der Waals surface area contributed by atoms with Crippen LogP contribution >= 0.6 is 15.6 Å². The lowest BCUT2D eigenvalue weighted by Crippen LogP contribution is -2.30. The molecule has 104 heavy (non-hydrogen) atoms. The molecule has 0 amide bonds. The predicted molar refractivity (Wildman–Crippen MR) is 428 cm³/mol. The van der Waals surface area contributed by atoms with Crippen molar-refractivity contribution in [3.63, 3.8) is 0 Å². The number of aliphatic hydroxyl groups excluding tert-OH is 1. The molecule has 0 bridgehead atoms. The summed E-state index contributed by atoms with van der Waals surface area (Å²) in [6, 6.07) is 0. The second-order valence-corrected chi connectivity index (χ2v) is 35.2. The molecule has 0 aliphatic heterocycles. The van der Waals surface area contributed by atoms with Gasteiger partial charge in [0.15, 0.2) is 12.2 Å². The number of phosphoric ester groups is 2. The zero-order chi connectivity index (χ0) is 76.7. The number of unbranched alkanes of at least 4 members (excludes halogenated alkanes) is 47. The van der Waals surface area contributed by atoms with Crippen molar-refractivity contribution in [2.75, 3.05) is 39.6 Å². The highest BCUT2D eigenvalue weighted by molar-refractivity contribution is 7.47. The Morgan fingerprint density at radius 3 is 0.683 bits per heavy atom. The van der Waals surface area contributed by atoms with Gasteiger partial charge in [-0.3, -0.25) is 37.3 Å². The molecule has 0 saturated carbocycles. The van der Waals surface area contributed by atoms with Gasteiger partial charge in [-0.05, 0) is 49.4 Å². The van der Waals surface area contributed by atoms with Crippen LogP contribution in [0.1, 0.15) is 441 Å². The molecule has 3 N–H and O–H groups in total. The fourth-order valence-corrected chi connectivity index (χ4v) is 14.7. The highest BCUT2D eigenvalue weighted by Crippen LogP contribution is 2.45. The first kappa shape index (κ1) is 102. The molecule has 0 radical (unpaired) electrons. The van der Waals surface area contributed by atoms with Gasteiger partial charge in [0.1, 0.15) is 19.3 Å². The monoisotopic (exact) mass is 1520 g/mol. The zero-order valence-electron chi connectivity index (χ0n) is 68.7. The molecule has 0 aliphatic carbocycles. The Bertz CT molecular complexity index is 2030. The fourth-order valence-electron chi connectivity index (χ4n) is 13.1. The van der Waals surface area contributed by atoms with Crippen molar-refractivity contribution in [1.82, 2.24) is 0 Å². The highest BCUT2D eigenvalue weighted by Gasteiger charge is 2.30. The first-order valence-electron chi connectivity index (χ1n) is 43.7. The Morgan fingerprint density at radius 2 is 0.462 bits per heavy atom. The Balaban J connectivity index is 5.26. The zero-order valence-corrected chi connectivity index (χ0v) is 70.5. The fraction of sp³-hybridized carbons (Fsp3) is 0.953. The summed E-state index contributed by atoms with van der Waals surface area (Å²) in [6.45, 7) is 14.3. The number of hydrogen-bond acceptors (Lipinski definition) is 15. The van der Waals surface area contributed by atoms with Gasteiger partial charge in [-0.15, -0.1) is 0 Å². The smallest absolute Gasteiger partial charge is 0.462 e. The van der Waals surface area contributed by atoms with Crippen LogP contribution in [0.5, 0.6) is 0 Å². The van der Waals surface area contributed by atoms with Crippen molar-refractivity contribution in [2.45, 2.75) is 459 Å². The Labute approximate surface area is 638 Å².